The van der Waals surface area contributed by atoms with Crippen LogP contribution in [0.1, 0.15) is 6.92 Å². The van der Waals surface area contributed by atoms with Crippen molar-refractivity contribution in [2.45, 2.75) is 13.0 Å². The molecule has 1 atom stereocenters. The molecule has 1 saturated heterocycles. The maximum absolute atomic E-state index is 10.3. The summed E-state index contributed by atoms with van der Waals surface area (Å²) in [5.41, 5.74) is 1.18. The molecule has 1 heterocycles. The fraction of sp³-hybridized carbons (Fsp3) is 0.455. The molecular weight excluding hydrogens is 356 g/mol. The molecule has 3 rings (SSSR count). The van der Waals surface area contributed by atoms with Gasteiger partial charge in [0.15, 0.2) is 0 Å². The maximum atomic E-state index is 10.3. The smallest absolute Gasteiger partial charge is 0.120 e. The molecule has 0 aromatic heterocycles. The fourth-order valence-corrected chi connectivity index (χ4v) is 3.34. The van der Waals surface area contributed by atoms with E-state index in [1.807, 2.05) is 43.3 Å². The van der Waals surface area contributed by atoms with Gasteiger partial charge in [-0.05, 0) is 43.3 Å². The SMILES string of the molecule is CCOc1ccc(OCC(O)CN2CCN(c3cccc(OC)c3)CC2)cc1. The zero-order valence-electron chi connectivity index (χ0n) is 16.7. The van der Waals surface area contributed by atoms with E-state index in [9.17, 15) is 5.11 Å². The number of methoxy groups -OCH3 is 1. The minimum Gasteiger partial charge on any atom is -0.497 e. The summed E-state index contributed by atoms with van der Waals surface area (Å²) in [6, 6.07) is 15.6. The second-order valence-corrected chi connectivity index (χ2v) is 6.86. The van der Waals surface area contributed by atoms with Crippen molar-refractivity contribution in [1.29, 1.82) is 0 Å². The summed E-state index contributed by atoms with van der Waals surface area (Å²) >= 11 is 0. The summed E-state index contributed by atoms with van der Waals surface area (Å²) in [7, 11) is 1.69. The summed E-state index contributed by atoms with van der Waals surface area (Å²) in [5, 5.41) is 10.3. The number of nitrogens with zero attached hydrogens (tertiary/aromatic N) is 2. The van der Waals surface area contributed by atoms with Crippen molar-refractivity contribution < 1.29 is 19.3 Å². The van der Waals surface area contributed by atoms with E-state index < -0.39 is 6.10 Å². The van der Waals surface area contributed by atoms with E-state index in [0.29, 0.717) is 13.2 Å². The van der Waals surface area contributed by atoms with Crippen LogP contribution in [0.25, 0.3) is 0 Å². The van der Waals surface area contributed by atoms with E-state index in [1.165, 1.54) is 5.69 Å². The third kappa shape index (κ3) is 5.78. The summed E-state index contributed by atoms with van der Waals surface area (Å²) in [6.45, 7) is 7.18. The largest absolute Gasteiger partial charge is 0.497 e. The Kier molecular flexibility index (Phi) is 7.39. The van der Waals surface area contributed by atoms with Gasteiger partial charge in [0.2, 0.25) is 0 Å². The lowest BCUT2D eigenvalue weighted by Crippen LogP contribution is -2.49. The minimum absolute atomic E-state index is 0.282. The molecular formula is C22H30N2O4. The molecule has 0 spiro atoms. The Balaban J connectivity index is 1.40. The van der Waals surface area contributed by atoms with Gasteiger partial charge in [0.05, 0.1) is 13.7 Å². The van der Waals surface area contributed by atoms with Crippen molar-refractivity contribution >= 4 is 5.69 Å². The molecule has 28 heavy (non-hydrogen) atoms. The Labute approximate surface area is 167 Å². The van der Waals surface area contributed by atoms with Crippen LogP contribution in [0.15, 0.2) is 48.5 Å². The zero-order chi connectivity index (χ0) is 19.8. The number of anilines is 1. The fourth-order valence-electron chi connectivity index (χ4n) is 3.34. The van der Waals surface area contributed by atoms with Crippen molar-refractivity contribution in [1.82, 2.24) is 4.90 Å². The van der Waals surface area contributed by atoms with Gasteiger partial charge in [0.1, 0.15) is 30.0 Å². The Bertz CT molecular complexity index is 715. The van der Waals surface area contributed by atoms with E-state index in [0.717, 1.165) is 43.4 Å². The predicted molar refractivity (Wildman–Crippen MR) is 111 cm³/mol. The number of aliphatic hydroxyl groups is 1. The molecule has 2 aromatic carbocycles. The highest BCUT2D eigenvalue weighted by atomic mass is 16.5. The minimum atomic E-state index is -0.519. The summed E-state index contributed by atoms with van der Waals surface area (Å²) in [4.78, 5) is 4.63. The molecule has 6 nitrogen and oxygen atoms in total. The van der Waals surface area contributed by atoms with Crippen LogP contribution in [-0.2, 0) is 0 Å². The van der Waals surface area contributed by atoms with Crippen LogP contribution < -0.4 is 19.1 Å². The molecule has 2 aromatic rings. The first kappa shape index (κ1) is 20.3. The maximum Gasteiger partial charge on any atom is 0.120 e. The first-order valence-electron chi connectivity index (χ1n) is 9.83. The van der Waals surface area contributed by atoms with Gasteiger partial charge in [0.25, 0.3) is 0 Å². The van der Waals surface area contributed by atoms with Crippen LogP contribution in [0.3, 0.4) is 0 Å². The molecule has 0 aliphatic carbocycles. The van der Waals surface area contributed by atoms with E-state index >= 15 is 0 Å². The average Bonchev–Trinajstić information content (AvgIpc) is 2.74. The summed E-state index contributed by atoms with van der Waals surface area (Å²) in [6.07, 6.45) is -0.519. The number of β-amino-alcohol motifs (C(OH)–C–C–N with tert-alkyl or cyclic N) is 1. The number of aliphatic hydroxyl groups excluding tert-OH is 1. The predicted octanol–water partition coefficient (Wildman–Crippen LogP) is 2.66. The highest BCUT2D eigenvalue weighted by molar-refractivity contribution is 5.51. The molecule has 0 radical (unpaired) electrons. The van der Waals surface area contributed by atoms with Gasteiger partial charge in [-0.1, -0.05) is 6.07 Å². The Hall–Kier alpha value is -2.44. The molecule has 0 saturated carbocycles. The Morgan fingerprint density at radius 1 is 0.929 bits per heavy atom. The zero-order valence-corrected chi connectivity index (χ0v) is 16.7. The topological polar surface area (TPSA) is 54.4 Å². The van der Waals surface area contributed by atoms with Crippen LogP contribution in [0, 0.1) is 0 Å². The lowest BCUT2D eigenvalue weighted by Gasteiger charge is -2.37. The standard InChI is InChI=1S/C22H30N2O4/c1-3-27-20-7-9-21(10-8-20)28-17-19(25)16-23-11-13-24(14-12-23)18-5-4-6-22(15-18)26-2/h4-10,15,19,25H,3,11-14,16-17H2,1-2H3. The van der Waals surface area contributed by atoms with Crippen molar-refractivity contribution in [3.8, 4) is 17.2 Å². The van der Waals surface area contributed by atoms with Gasteiger partial charge < -0.3 is 24.2 Å². The molecule has 6 heteroatoms. The Morgan fingerprint density at radius 2 is 1.61 bits per heavy atom. The normalized spacial score (nSPS) is 15.9. The first-order valence-corrected chi connectivity index (χ1v) is 9.83. The van der Waals surface area contributed by atoms with Gasteiger partial charge in [-0.3, -0.25) is 4.90 Å². The van der Waals surface area contributed by atoms with Crippen molar-refractivity contribution in [3.63, 3.8) is 0 Å². The molecule has 0 amide bonds. The van der Waals surface area contributed by atoms with E-state index in [1.54, 1.807) is 7.11 Å². The molecule has 1 fully saturated rings. The van der Waals surface area contributed by atoms with Crippen LogP contribution in [-0.4, -0.2) is 69.2 Å². The van der Waals surface area contributed by atoms with Crippen LogP contribution in [0.2, 0.25) is 0 Å². The molecule has 1 N–H and O–H groups in total. The quantitative estimate of drug-likeness (QED) is 0.715. The number of rotatable bonds is 9. The molecule has 1 aliphatic rings. The van der Waals surface area contributed by atoms with Gasteiger partial charge in [-0.25, -0.2) is 0 Å². The van der Waals surface area contributed by atoms with Gasteiger partial charge >= 0.3 is 0 Å². The van der Waals surface area contributed by atoms with E-state index in [4.69, 9.17) is 14.2 Å². The molecule has 152 valence electrons. The van der Waals surface area contributed by atoms with E-state index in [2.05, 4.69) is 21.9 Å². The summed E-state index contributed by atoms with van der Waals surface area (Å²) < 4.78 is 16.4. The second-order valence-electron chi connectivity index (χ2n) is 6.86. The highest BCUT2D eigenvalue weighted by Gasteiger charge is 2.20. The van der Waals surface area contributed by atoms with Gasteiger partial charge in [-0.2, -0.15) is 0 Å². The number of benzene rings is 2. The first-order chi connectivity index (χ1) is 13.7. The van der Waals surface area contributed by atoms with Gasteiger partial charge in [-0.15, -0.1) is 0 Å². The van der Waals surface area contributed by atoms with Gasteiger partial charge in [0, 0.05) is 44.5 Å². The van der Waals surface area contributed by atoms with E-state index in [-0.39, 0.29) is 6.61 Å². The number of piperazine rings is 1. The monoisotopic (exact) mass is 386 g/mol. The Morgan fingerprint density at radius 3 is 2.25 bits per heavy atom. The lowest BCUT2D eigenvalue weighted by atomic mass is 10.2. The molecule has 1 unspecified atom stereocenters. The third-order valence-electron chi connectivity index (χ3n) is 4.84. The van der Waals surface area contributed by atoms with Crippen LogP contribution >= 0.6 is 0 Å². The van der Waals surface area contributed by atoms with Crippen molar-refractivity contribution in [2.24, 2.45) is 0 Å². The lowest BCUT2D eigenvalue weighted by molar-refractivity contribution is 0.0663. The summed E-state index contributed by atoms with van der Waals surface area (Å²) in [5.74, 6) is 2.44. The van der Waals surface area contributed by atoms with Crippen molar-refractivity contribution in [2.75, 3.05) is 57.9 Å². The number of hydrogen-bond acceptors (Lipinski definition) is 6. The molecule has 0 bridgehead atoms. The number of hydrogen-bond donors (Lipinski definition) is 1. The molecule has 1 aliphatic heterocycles. The van der Waals surface area contributed by atoms with Crippen LogP contribution in [0.4, 0.5) is 5.69 Å². The second kappa shape index (κ2) is 10.2. The van der Waals surface area contributed by atoms with Crippen LogP contribution in [0.5, 0.6) is 17.2 Å². The highest BCUT2D eigenvalue weighted by Crippen LogP contribution is 2.22. The third-order valence-corrected chi connectivity index (χ3v) is 4.84. The average molecular weight is 386 g/mol. The number of ether oxygens (including phenoxy) is 3. The van der Waals surface area contributed by atoms with Crippen molar-refractivity contribution in [3.05, 3.63) is 48.5 Å².